The standard InChI is InChI=1S/C9H11NO2S/c11-7-4-6(5-7)10-9(12)8-2-1-3-13-8/h1-3,6-7,11H,4-5H2,(H,10,12). The highest BCUT2D eigenvalue weighted by Gasteiger charge is 2.28. The molecule has 0 aliphatic heterocycles. The van der Waals surface area contributed by atoms with Crippen LogP contribution in [0.4, 0.5) is 0 Å². The van der Waals surface area contributed by atoms with Gasteiger partial charge in [-0.1, -0.05) is 6.07 Å². The predicted octanol–water partition coefficient (Wildman–Crippen LogP) is 1.00. The molecule has 0 aromatic carbocycles. The van der Waals surface area contributed by atoms with Crippen LogP contribution in [0.1, 0.15) is 22.5 Å². The molecular formula is C9H11NO2S. The largest absolute Gasteiger partial charge is 0.393 e. The van der Waals surface area contributed by atoms with Crippen molar-refractivity contribution < 1.29 is 9.90 Å². The molecule has 13 heavy (non-hydrogen) atoms. The molecule has 3 nitrogen and oxygen atoms in total. The molecule has 0 unspecified atom stereocenters. The summed E-state index contributed by atoms with van der Waals surface area (Å²) in [4.78, 5) is 12.2. The number of carbonyl (C=O) groups is 1. The second kappa shape index (κ2) is 3.47. The lowest BCUT2D eigenvalue weighted by atomic mass is 9.89. The number of rotatable bonds is 2. The lowest BCUT2D eigenvalue weighted by Crippen LogP contribution is -2.46. The van der Waals surface area contributed by atoms with Gasteiger partial charge in [0.05, 0.1) is 11.0 Å². The second-order valence-electron chi connectivity index (χ2n) is 3.27. The quantitative estimate of drug-likeness (QED) is 0.743. The van der Waals surface area contributed by atoms with Crippen molar-refractivity contribution in [3.8, 4) is 0 Å². The SMILES string of the molecule is O=C(NC1CC(O)C1)c1cccs1. The average Bonchev–Trinajstić information content (AvgIpc) is 2.53. The topological polar surface area (TPSA) is 49.3 Å². The summed E-state index contributed by atoms with van der Waals surface area (Å²) in [5, 5.41) is 13.8. The summed E-state index contributed by atoms with van der Waals surface area (Å²) in [5.41, 5.74) is 0. The van der Waals surface area contributed by atoms with Crippen molar-refractivity contribution in [2.75, 3.05) is 0 Å². The Bertz CT molecular complexity index is 291. The highest BCUT2D eigenvalue weighted by atomic mass is 32.1. The number of aliphatic hydroxyl groups is 1. The Morgan fingerprint density at radius 1 is 1.62 bits per heavy atom. The summed E-state index contributed by atoms with van der Waals surface area (Å²) in [5.74, 6) is -0.0214. The van der Waals surface area contributed by atoms with Crippen LogP contribution >= 0.6 is 11.3 Å². The average molecular weight is 197 g/mol. The summed E-state index contributed by atoms with van der Waals surface area (Å²) >= 11 is 1.43. The lowest BCUT2D eigenvalue weighted by Gasteiger charge is -2.31. The van der Waals surface area contributed by atoms with Crippen LogP contribution in [0, 0.1) is 0 Å². The number of hydrogen-bond donors (Lipinski definition) is 2. The normalized spacial score (nSPS) is 26.5. The Hall–Kier alpha value is -0.870. The summed E-state index contributed by atoms with van der Waals surface area (Å²) in [7, 11) is 0. The molecule has 1 saturated carbocycles. The first-order chi connectivity index (χ1) is 6.25. The Morgan fingerprint density at radius 3 is 2.92 bits per heavy atom. The van der Waals surface area contributed by atoms with Crippen LogP contribution in [0.2, 0.25) is 0 Å². The third-order valence-corrected chi connectivity index (χ3v) is 3.06. The molecule has 0 bridgehead atoms. The molecule has 1 aliphatic rings. The van der Waals surface area contributed by atoms with E-state index in [1.54, 1.807) is 6.07 Å². The van der Waals surface area contributed by atoms with E-state index in [0.717, 1.165) is 4.88 Å². The number of hydrogen-bond acceptors (Lipinski definition) is 3. The number of nitrogens with one attached hydrogen (secondary N) is 1. The van der Waals surface area contributed by atoms with Gasteiger partial charge in [-0.3, -0.25) is 4.79 Å². The van der Waals surface area contributed by atoms with Crippen molar-refractivity contribution in [2.45, 2.75) is 25.0 Å². The minimum Gasteiger partial charge on any atom is -0.393 e. The molecule has 1 aliphatic carbocycles. The first-order valence-electron chi connectivity index (χ1n) is 4.28. The number of thiophene rings is 1. The van der Waals surface area contributed by atoms with E-state index in [1.807, 2.05) is 11.4 Å². The van der Waals surface area contributed by atoms with Gasteiger partial charge in [0.25, 0.3) is 5.91 Å². The van der Waals surface area contributed by atoms with Crippen molar-refractivity contribution in [1.29, 1.82) is 0 Å². The van der Waals surface area contributed by atoms with Gasteiger partial charge in [-0.05, 0) is 24.3 Å². The third-order valence-electron chi connectivity index (χ3n) is 2.19. The zero-order valence-corrected chi connectivity index (χ0v) is 7.88. The predicted molar refractivity (Wildman–Crippen MR) is 50.8 cm³/mol. The number of carbonyl (C=O) groups excluding carboxylic acids is 1. The fraction of sp³-hybridized carbons (Fsp3) is 0.444. The van der Waals surface area contributed by atoms with E-state index in [1.165, 1.54) is 11.3 Å². The van der Waals surface area contributed by atoms with Gasteiger partial charge >= 0.3 is 0 Å². The zero-order chi connectivity index (χ0) is 9.26. The van der Waals surface area contributed by atoms with Crippen LogP contribution < -0.4 is 5.32 Å². The molecule has 0 atom stereocenters. The van der Waals surface area contributed by atoms with E-state index in [4.69, 9.17) is 5.11 Å². The first-order valence-corrected chi connectivity index (χ1v) is 5.16. The van der Waals surface area contributed by atoms with Gasteiger partial charge in [-0.25, -0.2) is 0 Å². The summed E-state index contributed by atoms with van der Waals surface area (Å²) < 4.78 is 0. The van der Waals surface area contributed by atoms with Crippen LogP contribution in [0.25, 0.3) is 0 Å². The fourth-order valence-corrected chi connectivity index (χ4v) is 2.00. The molecule has 70 valence electrons. The van der Waals surface area contributed by atoms with E-state index < -0.39 is 0 Å². The van der Waals surface area contributed by atoms with E-state index in [-0.39, 0.29) is 18.1 Å². The molecule has 1 aromatic heterocycles. The number of aliphatic hydroxyl groups excluding tert-OH is 1. The maximum atomic E-state index is 11.4. The maximum absolute atomic E-state index is 11.4. The van der Waals surface area contributed by atoms with Crippen LogP contribution in [-0.2, 0) is 0 Å². The monoisotopic (exact) mass is 197 g/mol. The Labute approximate surface area is 80.4 Å². The maximum Gasteiger partial charge on any atom is 0.261 e. The molecule has 2 rings (SSSR count). The minimum atomic E-state index is -0.214. The lowest BCUT2D eigenvalue weighted by molar-refractivity contribution is 0.0564. The van der Waals surface area contributed by atoms with Crippen molar-refractivity contribution in [3.05, 3.63) is 22.4 Å². The van der Waals surface area contributed by atoms with Gasteiger partial charge in [0, 0.05) is 6.04 Å². The number of amides is 1. The highest BCUT2D eigenvalue weighted by Crippen LogP contribution is 2.20. The second-order valence-corrected chi connectivity index (χ2v) is 4.22. The van der Waals surface area contributed by atoms with E-state index in [2.05, 4.69) is 5.32 Å². The fourth-order valence-electron chi connectivity index (χ4n) is 1.37. The summed E-state index contributed by atoms with van der Waals surface area (Å²) in [6, 6.07) is 3.83. The Balaban J connectivity index is 1.86. The first kappa shape index (κ1) is 8.72. The Kier molecular flexibility index (Phi) is 2.33. The molecule has 0 radical (unpaired) electrons. The van der Waals surface area contributed by atoms with Gasteiger partial charge in [0.1, 0.15) is 0 Å². The van der Waals surface area contributed by atoms with Crippen LogP contribution in [0.5, 0.6) is 0 Å². The molecule has 0 saturated heterocycles. The van der Waals surface area contributed by atoms with E-state index >= 15 is 0 Å². The molecule has 1 amide bonds. The van der Waals surface area contributed by atoms with Crippen LogP contribution in [-0.4, -0.2) is 23.2 Å². The summed E-state index contributed by atoms with van der Waals surface area (Å²) in [6.07, 6.45) is 1.17. The molecule has 0 spiro atoms. The molecule has 2 N–H and O–H groups in total. The Morgan fingerprint density at radius 2 is 2.38 bits per heavy atom. The third kappa shape index (κ3) is 1.89. The van der Waals surface area contributed by atoms with Crippen molar-refractivity contribution in [1.82, 2.24) is 5.32 Å². The van der Waals surface area contributed by atoms with Gasteiger partial charge in [-0.15, -0.1) is 11.3 Å². The zero-order valence-electron chi connectivity index (χ0n) is 7.06. The van der Waals surface area contributed by atoms with Crippen LogP contribution in [0.3, 0.4) is 0 Å². The van der Waals surface area contributed by atoms with Gasteiger partial charge in [-0.2, -0.15) is 0 Å². The van der Waals surface area contributed by atoms with Crippen molar-refractivity contribution >= 4 is 17.2 Å². The molecular weight excluding hydrogens is 186 g/mol. The van der Waals surface area contributed by atoms with E-state index in [0.29, 0.717) is 12.8 Å². The molecule has 4 heteroatoms. The van der Waals surface area contributed by atoms with Gasteiger partial charge in [0.15, 0.2) is 0 Å². The molecule has 1 fully saturated rings. The molecule has 1 heterocycles. The van der Waals surface area contributed by atoms with Crippen LogP contribution in [0.15, 0.2) is 17.5 Å². The van der Waals surface area contributed by atoms with E-state index in [9.17, 15) is 4.79 Å². The highest BCUT2D eigenvalue weighted by molar-refractivity contribution is 7.12. The smallest absolute Gasteiger partial charge is 0.261 e. The molecule has 1 aromatic rings. The van der Waals surface area contributed by atoms with Gasteiger partial charge < -0.3 is 10.4 Å². The minimum absolute atomic E-state index is 0.0214. The van der Waals surface area contributed by atoms with Crippen molar-refractivity contribution in [3.63, 3.8) is 0 Å². The summed E-state index contributed by atoms with van der Waals surface area (Å²) in [6.45, 7) is 0. The van der Waals surface area contributed by atoms with Crippen molar-refractivity contribution in [2.24, 2.45) is 0 Å². The van der Waals surface area contributed by atoms with Gasteiger partial charge in [0.2, 0.25) is 0 Å².